The van der Waals surface area contributed by atoms with Crippen LogP contribution in [0.15, 0.2) is 12.1 Å². The Kier molecular flexibility index (Phi) is 4.66. The van der Waals surface area contributed by atoms with E-state index in [0.717, 1.165) is 3.57 Å². The Morgan fingerprint density at radius 3 is 2.73 bits per heavy atom. The summed E-state index contributed by atoms with van der Waals surface area (Å²) >= 11 is 7.91. The van der Waals surface area contributed by atoms with Gasteiger partial charge < -0.3 is 9.47 Å². The highest BCUT2D eigenvalue weighted by atomic mass is 127. The van der Waals surface area contributed by atoms with Crippen molar-refractivity contribution in [2.75, 3.05) is 13.7 Å². The topological polar surface area (TPSA) is 35.5 Å². The molecule has 0 heterocycles. The Balaban J connectivity index is 3.20. The highest BCUT2D eigenvalue weighted by Crippen LogP contribution is 2.29. The number of halogens is 2. The van der Waals surface area contributed by atoms with Gasteiger partial charge in [0.1, 0.15) is 11.3 Å². The molecule has 3 nitrogen and oxygen atoms in total. The van der Waals surface area contributed by atoms with Gasteiger partial charge in [-0.15, -0.1) is 0 Å². The van der Waals surface area contributed by atoms with Crippen LogP contribution in [0.25, 0.3) is 0 Å². The zero-order valence-corrected chi connectivity index (χ0v) is 11.3. The predicted octanol–water partition coefficient (Wildman–Crippen LogP) is 3.13. The predicted molar refractivity (Wildman–Crippen MR) is 66.7 cm³/mol. The van der Waals surface area contributed by atoms with Gasteiger partial charge >= 0.3 is 5.97 Å². The number of benzene rings is 1. The third-order valence-electron chi connectivity index (χ3n) is 1.71. The molecule has 0 N–H and O–H groups in total. The Morgan fingerprint density at radius 2 is 2.20 bits per heavy atom. The normalized spacial score (nSPS) is 9.87. The highest BCUT2D eigenvalue weighted by molar-refractivity contribution is 14.1. The van der Waals surface area contributed by atoms with Crippen LogP contribution < -0.4 is 4.74 Å². The summed E-state index contributed by atoms with van der Waals surface area (Å²) in [5.41, 5.74) is 0.358. The van der Waals surface area contributed by atoms with Crippen LogP contribution in [0.1, 0.15) is 17.3 Å². The van der Waals surface area contributed by atoms with Gasteiger partial charge in [-0.05, 0) is 41.6 Å². The Labute approximate surface area is 107 Å². The molecule has 1 aromatic carbocycles. The molecule has 0 atom stereocenters. The maximum absolute atomic E-state index is 11.6. The molecule has 1 aromatic rings. The number of esters is 1. The molecule has 82 valence electrons. The molecule has 0 saturated heterocycles. The van der Waals surface area contributed by atoms with Crippen molar-refractivity contribution >= 4 is 40.2 Å². The lowest BCUT2D eigenvalue weighted by Gasteiger charge is -2.10. The van der Waals surface area contributed by atoms with Crippen molar-refractivity contribution in [3.63, 3.8) is 0 Å². The maximum Gasteiger partial charge on any atom is 0.342 e. The minimum Gasteiger partial charge on any atom is -0.495 e. The van der Waals surface area contributed by atoms with Gasteiger partial charge in [0.25, 0.3) is 0 Å². The fraction of sp³-hybridized carbons (Fsp3) is 0.300. The first kappa shape index (κ1) is 12.6. The summed E-state index contributed by atoms with van der Waals surface area (Å²) in [5.74, 6) is 0.0771. The van der Waals surface area contributed by atoms with Crippen molar-refractivity contribution in [3.05, 3.63) is 26.3 Å². The van der Waals surface area contributed by atoms with E-state index >= 15 is 0 Å². The molecular weight excluding hydrogens is 330 g/mol. The van der Waals surface area contributed by atoms with E-state index in [0.29, 0.717) is 22.9 Å². The van der Waals surface area contributed by atoms with Gasteiger partial charge in [-0.2, -0.15) is 0 Å². The summed E-state index contributed by atoms with van der Waals surface area (Å²) < 4.78 is 10.8. The van der Waals surface area contributed by atoms with E-state index in [2.05, 4.69) is 22.6 Å². The average Bonchev–Trinajstić information content (AvgIpc) is 2.17. The molecule has 0 aromatic heterocycles. The summed E-state index contributed by atoms with van der Waals surface area (Å²) in [4.78, 5) is 11.6. The van der Waals surface area contributed by atoms with Crippen LogP contribution in [0.5, 0.6) is 5.75 Å². The monoisotopic (exact) mass is 340 g/mol. The van der Waals surface area contributed by atoms with Crippen molar-refractivity contribution in [3.8, 4) is 5.75 Å². The van der Waals surface area contributed by atoms with Crippen LogP contribution in [0.2, 0.25) is 5.02 Å². The van der Waals surface area contributed by atoms with Gasteiger partial charge in [-0.3, -0.25) is 0 Å². The van der Waals surface area contributed by atoms with Crippen LogP contribution in [0.3, 0.4) is 0 Å². The van der Waals surface area contributed by atoms with Crippen molar-refractivity contribution in [2.24, 2.45) is 0 Å². The summed E-state index contributed by atoms with van der Waals surface area (Å²) in [5, 5.41) is 0.489. The molecule has 0 spiro atoms. The van der Waals surface area contributed by atoms with E-state index in [1.807, 2.05) is 0 Å². The van der Waals surface area contributed by atoms with Crippen LogP contribution in [0, 0.1) is 3.57 Å². The number of ether oxygens (including phenoxy) is 2. The summed E-state index contributed by atoms with van der Waals surface area (Å²) in [6, 6.07) is 3.27. The van der Waals surface area contributed by atoms with Gasteiger partial charge in [-0.1, -0.05) is 11.6 Å². The molecule has 0 saturated carbocycles. The summed E-state index contributed by atoms with van der Waals surface area (Å²) in [7, 11) is 1.51. The smallest absolute Gasteiger partial charge is 0.342 e. The first-order chi connectivity index (χ1) is 7.10. The van der Waals surface area contributed by atoms with E-state index in [4.69, 9.17) is 21.1 Å². The van der Waals surface area contributed by atoms with E-state index in [9.17, 15) is 4.79 Å². The fourth-order valence-electron chi connectivity index (χ4n) is 1.13. The van der Waals surface area contributed by atoms with Crippen LogP contribution >= 0.6 is 34.2 Å². The second-order valence-electron chi connectivity index (χ2n) is 2.69. The van der Waals surface area contributed by atoms with Crippen molar-refractivity contribution in [2.45, 2.75) is 6.92 Å². The first-order valence-corrected chi connectivity index (χ1v) is 5.76. The quantitative estimate of drug-likeness (QED) is 0.626. The molecule has 0 bridgehead atoms. The number of carbonyl (C=O) groups excluding carboxylic acids is 1. The molecule has 0 fully saturated rings. The number of rotatable bonds is 3. The molecule has 0 aliphatic heterocycles. The molecule has 0 aliphatic rings. The standard InChI is InChI=1S/C10H10ClIO3/c1-3-15-10(13)7-4-6(11)5-8(12)9(7)14-2/h4-5H,3H2,1-2H3. The average molecular weight is 341 g/mol. The molecule has 5 heteroatoms. The molecule has 1 rings (SSSR count). The largest absolute Gasteiger partial charge is 0.495 e. The number of hydrogen-bond donors (Lipinski definition) is 0. The first-order valence-electron chi connectivity index (χ1n) is 4.30. The van der Waals surface area contributed by atoms with Crippen LogP contribution in [-0.2, 0) is 4.74 Å². The van der Waals surface area contributed by atoms with Gasteiger partial charge in [0.2, 0.25) is 0 Å². The third kappa shape index (κ3) is 2.98. The lowest BCUT2D eigenvalue weighted by molar-refractivity contribution is 0.0522. The number of carbonyl (C=O) groups is 1. The third-order valence-corrected chi connectivity index (χ3v) is 2.73. The van der Waals surface area contributed by atoms with E-state index in [-0.39, 0.29) is 0 Å². The zero-order valence-electron chi connectivity index (χ0n) is 8.34. The van der Waals surface area contributed by atoms with Crippen molar-refractivity contribution in [1.29, 1.82) is 0 Å². The minimum atomic E-state index is -0.422. The highest BCUT2D eigenvalue weighted by Gasteiger charge is 2.17. The lowest BCUT2D eigenvalue weighted by atomic mass is 10.2. The number of methoxy groups -OCH3 is 1. The van der Waals surface area contributed by atoms with E-state index in [1.54, 1.807) is 19.1 Å². The SMILES string of the molecule is CCOC(=O)c1cc(Cl)cc(I)c1OC. The Bertz CT molecular complexity index is 379. The lowest BCUT2D eigenvalue weighted by Crippen LogP contribution is -2.07. The van der Waals surface area contributed by atoms with E-state index < -0.39 is 5.97 Å². The minimum absolute atomic E-state index is 0.324. The molecule has 0 amide bonds. The second kappa shape index (κ2) is 5.55. The fourth-order valence-corrected chi connectivity index (χ4v) is 2.38. The number of hydrogen-bond acceptors (Lipinski definition) is 3. The molecule has 0 aliphatic carbocycles. The molecule has 15 heavy (non-hydrogen) atoms. The van der Waals surface area contributed by atoms with E-state index in [1.165, 1.54) is 7.11 Å². The zero-order chi connectivity index (χ0) is 11.4. The maximum atomic E-state index is 11.6. The second-order valence-corrected chi connectivity index (χ2v) is 4.29. The van der Waals surface area contributed by atoms with Gasteiger partial charge in [0.15, 0.2) is 0 Å². The van der Waals surface area contributed by atoms with Crippen LogP contribution in [-0.4, -0.2) is 19.7 Å². The summed E-state index contributed by atoms with van der Waals surface area (Å²) in [6.07, 6.45) is 0. The van der Waals surface area contributed by atoms with Crippen molar-refractivity contribution in [1.82, 2.24) is 0 Å². The van der Waals surface area contributed by atoms with Gasteiger partial charge in [0, 0.05) is 5.02 Å². The Hall–Kier alpha value is -0.490. The summed E-state index contributed by atoms with van der Waals surface area (Å²) in [6.45, 7) is 2.07. The molecule has 0 unspecified atom stereocenters. The van der Waals surface area contributed by atoms with Crippen LogP contribution in [0.4, 0.5) is 0 Å². The van der Waals surface area contributed by atoms with Crippen molar-refractivity contribution < 1.29 is 14.3 Å². The van der Waals surface area contributed by atoms with Gasteiger partial charge in [-0.25, -0.2) is 4.79 Å². The molecular formula is C10H10ClIO3. The molecule has 0 radical (unpaired) electrons. The Morgan fingerprint density at radius 1 is 1.53 bits per heavy atom. The van der Waals surface area contributed by atoms with Gasteiger partial charge in [0.05, 0.1) is 17.3 Å².